The highest BCUT2D eigenvalue weighted by molar-refractivity contribution is 9.10. The van der Waals surface area contributed by atoms with Crippen LogP contribution in [0.4, 0.5) is 5.69 Å². The lowest BCUT2D eigenvalue weighted by Crippen LogP contribution is -2.14. The molecule has 0 aliphatic heterocycles. The highest BCUT2D eigenvalue weighted by Gasteiger charge is 2.09. The number of hydrogen-bond donors (Lipinski definition) is 2. The first-order valence-corrected chi connectivity index (χ1v) is 7.30. The molecule has 0 fully saturated rings. The number of aliphatic imine (C=N–C) groups is 1. The lowest BCUT2D eigenvalue weighted by atomic mass is 10.1. The van der Waals surface area contributed by atoms with Crippen molar-refractivity contribution in [1.29, 1.82) is 0 Å². The van der Waals surface area contributed by atoms with Crippen LogP contribution in [0.25, 0.3) is 5.70 Å². The second-order valence-corrected chi connectivity index (χ2v) is 5.29. The molecule has 0 unspecified atom stereocenters. The van der Waals surface area contributed by atoms with Gasteiger partial charge in [-0.2, -0.15) is 0 Å². The fourth-order valence-electron chi connectivity index (χ4n) is 1.86. The van der Waals surface area contributed by atoms with E-state index in [-0.39, 0.29) is 5.91 Å². The summed E-state index contributed by atoms with van der Waals surface area (Å²) < 4.78 is 0.805. The minimum absolute atomic E-state index is 0.268. The van der Waals surface area contributed by atoms with Crippen LogP contribution in [0.3, 0.4) is 0 Å². The van der Waals surface area contributed by atoms with Gasteiger partial charge < -0.3 is 10.6 Å². The monoisotopic (exact) mass is 358 g/mol. The maximum Gasteiger partial charge on any atom is 0.274 e. The van der Waals surface area contributed by atoms with Gasteiger partial charge in [0.15, 0.2) is 0 Å². The third-order valence-corrected chi connectivity index (χ3v) is 3.37. The molecule has 1 aromatic heterocycles. The molecule has 0 spiro atoms. The van der Waals surface area contributed by atoms with Crippen LogP contribution in [-0.4, -0.2) is 24.7 Å². The Bertz CT molecular complexity index is 728. The Morgan fingerprint density at radius 1 is 1.36 bits per heavy atom. The number of pyridine rings is 1. The second-order valence-electron chi connectivity index (χ2n) is 4.37. The molecule has 1 heterocycles. The average Bonchev–Trinajstić information content (AvgIpc) is 2.53. The zero-order valence-corrected chi connectivity index (χ0v) is 13.6. The molecule has 0 saturated heterocycles. The lowest BCUT2D eigenvalue weighted by molar-refractivity contribution is 0.102. The number of benzene rings is 1. The predicted octanol–water partition coefficient (Wildman–Crippen LogP) is 3.31. The van der Waals surface area contributed by atoms with E-state index in [1.54, 1.807) is 31.6 Å². The van der Waals surface area contributed by atoms with Gasteiger partial charge in [-0.25, -0.2) is 0 Å². The Morgan fingerprint density at radius 2 is 2.18 bits per heavy atom. The van der Waals surface area contributed by atoms with E-state index in [0.29, 0.717) is 11.4 Å². The molecule has 0 atom stereocenters. The Hall–Kier alpha value is -2.47. The summed E-state index contributed by atoms with van der Waals surface area (Å²) in [4.78, 5) is 20.0. The summed E-state index contributed by atoms with van der Waals surface area (Å²) in [5.74, 6) is -0.268. The molecule has 0 bridgehead atoms. The number of rotatable bonds is 5. The maximum atomic E-state index is 12.2. The lowest BCUT2D eigenvalue weighted by Gasteiger charge is -2.09. The van der Waals surface area contributed by atoms with Gasteiger partial charge in [-0.1, -0.05) is 28.1 Å². The normalized spacial score (nSPS) is 10.9. The van der Waals surface area contributed by atoms with Crippen molar-refractivity contribution in [2.75, 3.05) is 12.4 Å². The van der Waals surface area contributed by atoms with Gasteiger partial charge >= 0.3 is 0 Å². The van der Waals surface area contributed by atoms with E-state index < -0.39 is 0 Å². The molecule has 112 valence electrons. The molecule has 0 radical (unpaired) electrons. The SMILES string of the molecule is C=N/C=C(\NC)c1cccc(NC(=O)c2cc(Br)ccn2)c1. The number of nitrogens with zero attached hydrogens (tertiary/aromatic N) is 2. The summed E-state index contributed by atoms with van der Waals surface area (Å²) in [5, 5.41) is 5.86. The van der Waals surface area contributed by atoms with Crippen molar-refractivity contribution >= 4 is 39.9 Å². The maximum absolute atomic E-state index is 12.2. The summed E-state index contributed by atoms with van der Waals surface area (Å²) >= 11 is 3.32. The van der Waals surface area contributed by atoms with E-state index in [1.165, 1.54) is 0 Å². The van der Waals surface area contributed by atoms with Crippen molar-refractivity contribution in [2.45, 2.75) is 0 Å². The number of anilines is 1. The fraction of sp³-hybridized carbons (Fsp3) is 0.0625. The van der Waals surface area contributed by atoms with E-state index in [2.05, 4.69) is 43.3 Å². The predicted molar refractivity (Wildman–Crippen MR) is 92.9 cm³/mol. The molecule has 0 aliphatic carbocycles. The van der Waals surface area contributed by atoms with Gasteiger partial charge in [0, 0.05) is 35.2 Å². The van der Waals surface area contributed by atoms with Crippen LogP contribution in [-0.2, 0) is 0 Å². The molecule has 5 nitrogen and oxygen atoms in total. The fourth-order valence-corrected chi connectivity index (χ4v) is 2.20. The summed E-state index contributed by atoms with van der Waals surface area (Å²) in [6, 6.07) is 10.9. The molecule has 2 rings (SSSR count). The van der Waals surface area contributed by atoms with Crippen LogP contribution in [0.15, 0.2) is 58.3 Å². The first kappa shape index (κ1) is 15.9. The largest absolute Gasteiger partial charge is 0.386 e. The molecular formula is C16H15BrN4O. The second kappa shape index (κ2) is 7.51. The number of nitrogens with one attached hydrogen (secondary N) is 2. The van der Waals surface area contributed by atoms with E-state index in [9.17, 15) is 4.79 Å². The topological polar surface area (TPSA) is 66.4 Å². The Labute approximate surface area is 137 Å². The summed E-state index contributed by atoms with van der Waals surface area (Å²) in [5.41, 5.74) is 2.73. The number of halogens is 1. The number of amides is 1. The van der Waals surface area contributed by atoms with Gasteiger partial charge in [-0.15, -0.1) is 0 Å². The minimum Gasteiger partial charge on any atom is -0.386 e. The van der Waals surface area contributed by atoms with Crippen molar-refractivity contribution in [3.05, 3.63) is 64.5 Å². The van der Waals surface area contributed by atoms with Gasteiger partial charge in [-0.05, 0) is 31.0 Å². The quantitative estimate of drug-likeness (QED) is 0.805. The van der Waals surface area contributed by atoms with Gasteiger partial charge in [0.2, 0.25) is 0 Å². The summed E-state index contributed by atoms with van der Waals surface area (Å²) in [6.07, 6.45) is 3.20. The van der Waals surface area contributed by atoms with Crippen LogP contribution >= 0.6 is 15.9 Å². The average molecular weight is 359 g/mol. The van der Waals surface area contributed by atoms with Crippen LogP contribution in [0.2, 0.25) is 0 Å². The molecule has 22 heavy (non-hydrogen) atoms. The van der Waals surface area contributed by atoms with Crippen molar-refractivity contribution in [3.63, 3.8) is 0 Å². The zero-order chi connectivity index (χ0) is 15.9. The van der Waals surface area contributed by atoms with Crippen LogP contribution in [0.5, 0.6) is 0 Å². The Balaban J connectivity index is 2.22. The van der Waals surface area contributed by atoms with Crippen molar-refractivity contribution in [3.8, 4) is 0 Å². The van der Waals surface area contributed by atoms with Gasteiger partial charge in [0.05, 0.1) is 5.70 Å². The summed E-state index contributed by atoms with van der Waals surface area (Å²) in [7, 11) is 1.80. The van der Waals surface area contributed by atoms with Crippen molar-refractivity contribution < 1.29 is 4.79 Å². The van der Waals surface area contributed by atoms with Crippen LogP contribution in [0.1, 0.15) is 16.1 Å². The third kappa shape index (κ3) is 4.02. The number of carbonyl (C=O) groups is 1. The Kier molecular flexibility index (Phi) is 5.43. The smallest absolute Gasteiger partial charge is 0.274 e. The Morgan fingerprint density at radius 3 is 2.86 bits per heavy atom. The first-order chi connectivity index (χ1) is 10.6. The molecular weight excluding hydrogens is 344 g/mol. The van der Waals surface area contributed by atoms with E-state index in [4.69, 9.17) is 0 Å². The van der Waals surface area contributed by atoms with Crippen LogP contribution < -0.4 is 10.6 Å². The van der Waals surface area contributed by atoms with Gasteiger partial charge in [0.1, 0.15) is 5.69 Å². The van der Waals surface area contributed by atoms with E-state index in [0.717, 1.165) is 15.7 Å². The molecule has 2 aromatic rings. The highest BCUT2D eigenvalue weighted by atomic mass is 79.9. The van der Waals surface area contributed by atoms with E-state index in [1.807, 2.05) is 24.3 Å². The molecule has 0 saturated carbocycles. The number of carbonyl (C=O) groups excluding carboxylic acids is 1. The third-order valence-electron chi connectivity index (χ3n) is 2.88. The van der Waals surface area contributed by atoms with Crippen molar-refractivity contribution in [1.82, 2.24) is 10.3 Å². The molecule has 1 aromatic carbocycles. The van der Waals surface area contributed by atoms with Gasteiger partial charge in [-0.3, -0.25) is 14.8 Å². The number of hydrogen-bond acceptors (Lipinski definition) is 4. The van der Waals surface area contributed by atoms with Crippen LogP contribution in [0, 0.1) is 0 Å². The zero-order valence-electron chi connectivity index (χ0n) is 12.0. The first-order valence-electron chi connectivity index (χ1n) is 6.51. The summed E-state index contributed by atoms with van der Waals surface area (Å²) in [6.45, 7) is 3.44. The van der Waals surface area contributed by atoms with Crippen molar-refractivity contribution in [2.24, 2.45) is 4.99 Å². The standard InChI is InChI=1S/C16H15BrN4O/c1-18-10-15(19-2)11-4-3-5-13(8-11)21-16(22)14-9-12(17)6-7-20-14/h3-10,19H,1H2,2H3,(H,21,22)/b15-10-. The molecule has 2 N–H and O–H groups in total. The molecule has 0 aliphatic rings. The minimum atomic E-state index is -0.268. The molecule has 1 amide bonds. The molecule has 6 heteroatoms. The number of aromatic nitrogens is 1. The van der Waals surface area contributed by atoms with Gasteiger partial charge in [0.25, 0.3) is 5.91 Å². The highest BCUT2D eigenvalue weighted by Crippen LogP contribution is 2.18. The van der Waals surface area contributed by atoms with E-state index >= 15 is 0 Å².